The molecule has 0 aliphatic heterocycles. The minimum Gasteiger partial charge on any atom is -0.494 e. The summed E-state index contributed by atoms with van der Waals surface area (Å²) < 4.78 is 30.8. The largest absolute Gasteiger partial charge is 0.494 e. The smallest absolute Gasteiger partial charge is 0.251 e. The summed E-state index contributed by atoms with van der Waals surface area (Å²) >= 11 is 0. The number of hydrogen-bond acceptors (Lipinski definition) is 4. The van der Waals surface area contributed by atoms with Crippen LogP contribution in [0.2, 0.25) is 0 Å². The predicted molar refractivity (Wildman–Crippen MR) is 98.4 cm³/mol. The Hall–Kier alpha value is -2.54. The number of rotatable bonds is 7. The maximum atomic E-state index is 12.5. The molecule has 0 fully saturated rings. The average Bonchev–Trinajstić information content (AvgIpc) is 2.55. The topological polar surface area (TPSA) is 84.5 Å². The number of sulfonamides is 1. The molecule has 0 radical (unpaired) electrons. The summed E-state index contributed by atoms with van der Waals surface area (Å²) in [5.41, 5.74) is 2.26. The highest BCUT2D eigenvalue weighted by molar-refractivity contribution is 7.92. The molecule has 0 aromatic heterocycles. The lowest BCUT2D eigenvalue weighted by Gasteiger charge is -2.14. The van der Waals surface area contributed by atoms with Gasteiger partial charge in [0, 0.05) is 17.7 Å². The van der Waals surface area contributed by atoms with E-state index in [4.69, 9.17) is 4.74 Å². The van der Waals surface area contributed by atoms with E-state index in [1.165, 1.54) is 0 Å². The molecule has 0 heterocycles. The Bertz CT molecular complexity index is 863. The normalized spacial score (nSPS) is 11.0. The fourth-order valence-electron chi connectivity index (χ4n) is 2.41. The van der Waals surface area contributed by atoms with Gasteiger partial charge in [0.2, 0.25) is 10.0 Å². The molecule has 2 aromatic rings. The number of anilines is 1. The molecule has 2 rings (SSSR count). The summed E-state index contributed by atoms with van der Waals surface area (Å²) in [6, 6.07) is 12.4. The molecule has 2 N–H and O–H groups in total. The summed E-state index contributed by atoms with van der Waals surface area (Å²) in [4.78, 5) is 12.5. The van der Waals surface area contributed by atoms with Gasteiger partial charge in [-0.3, -0.25) is 9.52 Å². The molecule has 0 aliphatic rings. The minimum absolute atomic E-state index is 0.277. The van der Waals surface area contributed by atoms with Crippen LogP contribution in [0.5, 0.6) is 5.75 Å². The lowest BCUT2D eigenvalue weighted by atomic mass is 10.1. The van der Waals surface area contributed by atoms with Crippen molar-refractivity contribution in [2.45, 2.75) is 20.4 Å². The van der Waals surface area contributed by atoms with Gasteiger partial charge >= 0.3 is 0 Å². The second-order valence-electron chi connectivity index (χ2n) is 5.58. The Labute approximate surface area is 148 Å². The molecule has 1 amide bonds. The van der Waals surface area contributed by atoms with Gasteiger partial charge in [-0.15, -0.1) is 0 Å². The molecule has 25 heavy (non-hydrogen) atoms. The number of carbonyl (C=O) groups excluding carboxylic acids is 1. The van der Waals surface area contributed by atoms with Crippen LogP contribution in [0.1, 0.15) is 28.4 Å². The molecular weight excluding hydrogens is 340 g/mol. The average molecular weight is 362 g/mol. The van der Waals surface area contributed by atoms with Crippen LogP contribution in [0.15, 0.2) is 42.5 Å². The number of ether oxygens (including phenoxy) is 1. The van der Waals surface area contributed by atoms with Gasteiger partial charge in [-0.1, -0.05) is 24.3 Å². The fraction of sp³-hybridized carbons (Fsp3) is 0.278. The summed E-state index contributed by atoms with van der Waals surface area (Å²) in [7, 11) is -3.41. The van der Waals surface area contributed by atoms with E-state index in [2.05, 4.69) is 10.0 Å². The van der Waals surface area contributed by atoms with E-state index in [0.29, 0.717) is 30.0 Å². The molecular formula is C18H22N2O4S. The number of hydrogen-bond donors (Lipinski definition) is 2. The first kappa shape index (κ1) is 18.8. The van der Waals surface area contributed by atoms with Crippen LogP contribution in [0.25, 0.3) is 0 Å². The van der Waals surface area contributed by atoms with Crippen LogP contribution in [-0.2, 0) is 16.6 Å². The van der Waals surface area contributed by atoms with Gasteiger partial charge in [0.05, 0.1) is 18.6 Å². The van der Waals surface area contributed by atoms with E-state index >= 15 is 0 Å². The quantitative estimate of drug-likeness (QED) is 0.793. The van der Waals surface area contributed by atoms with Crippen LogP contribution in [0.4, 0.5) is 5.69 Å². The van der Waals surface area contributed by atoms with E-state index in [1.54, 1.807) is 25.1 Å². The van der Waals surface area contributed by atoms with Gasteiger partial charge in [0.1, 0.15) is 5.75 Å². The first-order chi connectivity index (χ1) is 11.8. The van der Waals surface area contributed by atoms with E-state index in [-0.39, 0.29) is 5.91 Å². The third-order valence-corrected chi connectivity index (χ3v) is 4.18. The van der Waals surface area contributed by atoms with Gasteiger partial charge in [-0.2, -0.15) is 0 Å². The van der Waals surface area contributed by atoms with Crippen LogP contribution < -0.4 is 14.8 Å². The van der Waals surface area contributed by atoms with Gasteiger partial charge in [0.15, 0.2) is 0 Å². The van der Waals surface area contributed by atoms with Crippen molar-refractivity contribution in [2.24, 2.45) is 0 Å². The third kappa shape index (κ3) is 5.22. The van der Waals surface area contributed by atoms with E-state index in [0.717, 1.165) is 17.6 Å². The highest BCUT2D eigenvalue weighted by Gasteiger charge is 2.14. The molecule has 0 atom stereocenters. The second kappa shape index (κ2) is 8.02. The molecule has 0 saturated carbocycles. The Morgan fingerprint density at radius 2 is 1.84 bits per heavy atom. The minimum atomic E-state index is -3.41. The SMILES string of the molecule is CCOc1ccccc1CNC(=O)c1cccc(NS(C)(=O)=O)c1C. The molecule has 6 nitrogen and oxygen atoms in total. The zero-order valence-electron chi connectivity index (χ0n) is 14.5. The second-order valence-corrected chi connectivity index (χ2v) is 7.32. The number of benzene rings is 2. The van der Waals surface area contributed by atoms with Crippen molar-refractivity contribution in [1.29, 1.82) is 0 Å². The monoisotopic (exact) mass is 362 g/mol. The van der Waals surface area contributed by atoms with Crippen molar-refractivity contribution in [1.82, 2.24) is 5.32 Å². The van der Waals surface area contributed by atoms with E-state index < -0.39 is 10.0 Å². The summed E-state index contributed by atoms with van der Waals surface area (Å²) in [6.07, 6.45) is 1.07. The van der Waals surface area contributed by atoms with Crippen molar-refractivity contribution >= 4 is 21.6 Å². The molecule has 2 aromatic carbocycles. The highest BCUT2D eigenvalue weighted by atomic mass is 32.2. The molecule has 0 spiro atoms. The zero-order valence-corrected chi connectivity index (χ0v) is 15.3. The first-order valence-corrected chi connectivity index (χ1v) is 9.77. The standard InChI is InChI=1S/C18H22N2O4S/c1-4-24-17-11-6-5-8-14(17)12-19-18(21)15-9-7-10-16(13(15)2)20-25(3,22)23/h5-11,20H,4,12H2,1-3H3,(H,19,21). The Morgan fingerprint density at radius 3 is 2.52 bits per heavy atom. The maximum absolute atomic E-state index is 12.5. The van der Waals surface area contributed by atoms with E-state index in [9.17, 15) is 13.2 Å². The van der Waals surface area contributed by atoms with Gasteiger partial charge in [0.25, 0.3) is 5.91 Å². The summed E-state index contributed by atoms with van der Waals surface area (Å²) in [5, 5.41) is 2.85. The Kier molecular flexibility index (Phi) is 6.03. The third-order valence-electron chi connectivity index (χ3n) is 3.59. The maximum Gasteiger partial charge on any atom is 0.251 e. The molecule has 0 bridgehead atoms. The lowest BCUT2D eigenvalue weighted by Crippen LogP contribution is -2.24. The van der Waals surface area contributed by atoms with Gasteiger partial charge in [-0.25, -0.2) is 8.42 Å². The Balaban J connectivity index is 2.15. The number of para-hydroxylation sites is 1. The Morgan fingerprint density at radius 1 is 1.12 bits per heavy atom. The molecule has 7 heteroatoms. The van der Waals surface area contributed by atoms with Crippen LogP contribution >= 0.6 is 0 Å². The number of nitrogens with one attached hydrogen (secondary N) is 2. The van der Waals surface area contributed by atoms with Gasteiger partial charge in [-0.05, 0) is 37.6 Å². The summed E-state index contributed by atoms with van der Waals surface area (Å²) in [6.45, 7) is 4.47. The van der Waals surface area contributed by atoms with Crippen molar-refractivity contribution < 1.29 is 17.9 Å². The van der Waals surface area contributed by atoms with Crippen molar-refractivity contribution in [3.63, 3.8) is 0 Å². The van der Waals surface area contributed by atoms with Gasteiger partial charge < -0.3 is 10.1 Å². The van der Waals surface area contributed by atoms with Crippen molar-refractivity contribution in [3.05, 3.63) is 59.2 Å². The van der Waals surface area contributed by atoms with Crippen LogP contribution in [0, 0.1) is 6.92 Å². The molecule has 0 aliphatic carbocycles. The molecule has 0 unspecified atom stereocenters. The highest BCUT2D eigenvalue weighted by Crippen LogP contribution is 2.21. The predicted octanol–water partition coefficient (Wildman–Crippen LogP) is 2.70. The van der Waals surface area contributed by atoms with E-state index in [1.807, 2.05) is 31.2 Å². The van der Waals surface area contributed by atoms with Crippen LogP contribution in [-0.4, -0.2) is 27.2 Å². The van der Waals surface area contributed by atoms with Crippen molar-refractivity contribution in [3.8, 4) is 5.75 Å². The first-order valence-electron chi connectivity index (χ1n) is 7.88. The number of amides is 1. The summed E-state index contributed by atoms with van der Waals surface area (Å²) in [5.74, 6) is 0.454. The lowest BCUT2D eigenvalue weighted by molar-refractivity contribution is 0.0950. The molecule has 0 saturated heterocycles. The fourth-order valence-corrected chi connectivity index (χ4v) is 3.03. The zero-order chi connectivity index (χ0) is 18.4. The van der Waals surface area contributed by atoms with Crippen molar-refractivity contribution in [2.75, 3.05) is 17.6 Å². The molecule has 134 valence electrons. The number of carbonyl (C=O) groups is 1. The van der Waals surface area contributed by atoms with Crippen LogP contribution in [0.3, 0.4) is 0 Å².